The van der Waals surface area contributed by atoms with E-state index in [1.54, 1.807) is 6.07 Å². The van der Waals surface area contributed by atoms with Crippen LogP contribution in [0.5, 0.6) is 5.75 Å². The fraction of sp³-hybridized carbons (Fsp3) is 0.458. The van der Waals surface area contributed by atoms with E-state index in [2.05, 4.69) is 29.2 Å². The molecule has 0 saturated carbocycles. The summed E-state index contributed by atoms with van der Waals surface area (Å²) in [5.74, 6) is 0.0684. The molecule has 2 atom stereocenters. The molecular weight excluding hydrogens is 353 g/mol. The number of carbonyl (C=O) groups is 1. The Balaban J connectivity index is 1.50. The van der Waals surface area contributed by atoms with Crippen molar-refractivity contribution in [3.63, 3.8) is 0 Å². The Hall–Kier alpha value is -2.20. The first kappa shape index (κ1) is 19.1. The molecule has 2 aromatic rings. The normalized spacial score (nSPS) is 24.7. The molecule has 2 aromatic carbocycles. The highest BCUT2D eigenvalue weighted by molar-refractivity contribution is 5.98. The van der Waals surface area contributed by atoms with E-state index in [0.29, 0.717) is 30.0 Å². The molecule has 0 aromatic heterocycles. The van der Waals surface area contributed by atoms with E-state index < -0.39 is 5.82 Å². The van der Waals surface area contributed by atoms with Crippen molar-refractivity contribution >= 4 is 5.78 Å². The zero-order valence-electron chi connectivity index (χ0n) is 16.4. The average molecular weight is 381 g/mol. The summed E-state index contributed by atoms with van der Waals surface area (Å²) < 4.78 is 19.4. The van der Waals surface area contributed by atoms with Crippen molar-refractivity contribution in [2.24, 2.45) is 5.92 Å². The maximum Gasteiger partial charge on any atom is 0.166 e. The summed E-state index contributed by atoms with van der Waals surface area (Å²) in [6.45, 7) is 3.26. The van der Waals surface area contributed by atoms with Crippen molar-refractivity contribution in [2.45, 2.75) is 57.7 Å². The topological polar surface area (TPSA) is 29.5 Å². The Morgan fingerprint density at radius 2 is 1.82 bits per heavy atom. The predicted molar refractivity (Wildman–Crippen MR) is 108 cm³/mol. The maximum absolute atomic E-state index is 14.0. The Morgan fingerprint density at radius 1 is 1.11 bits per heavy atom. The summed E-state index contributed by atoms with van der Waals surface area (Å²) in [4.78, 5) is 15.8. The second kappa shape index (κ2) is 8.44. The van der Waals surface area contributed by atoms with E-state index in [4.69, 9.17) is 4.74 Å². The third-order valence-corrected chi connectivity index (χ3v) is 6.17. The van der Waals surface area contributed by atoms with Crippen LogP contribution in [0.2, 0.25) is 0 Å². The van der Waals surface area contributed by atoms with Crippen LogP contribution in [0.25, 0.3) is 0 Å². The lowest BCUT2D eigenvalue weighted by molar-refractivity contribution is 0.00904. The summed E-state index contributed by atoms with van der Waals surface area (Å²) in [5, 5.41) is 0. The van der Waals surface area contributed by atoms with Crippen molar-refractivity contribution in [3.8, 4) is 5.75 Å². The van der Waals surface area contributed by atoms with E-state index in [9.17, 15) is 9.18 Å². The molecule has 2 saturated heterocycles. The van der Waals surface area contributed by atoms with Crippen LogP contribution in [0.15, 0.2) is 48.5 Å². The lowest BCUT2D eigenvalue weighted by Crippen LogP contribution is -2.52. The number of hydrogen-bond donors (Lipinski definition) is 0. The molecular formula is C24H28FNO2. The molecule has 0 radical (unpaired) electrons. The summed E-state index contributed by atoms with van der Waals surface area (Å²) in [6.07, 6.45) is 5.24. The molecule has 28 heavy (non-hydrogen) atoms. The lowest BCUT2D eigenvalue weighted by Gasteiger charge is -2.48. The molecule has 0 spiro atoms. The standard InChI is InChI=1S/C24H28FNO2/c1-2-28-23-14-18(11-20(25)15-23)24(27)19-12-21-9-6-10-22(13-19)26(21)16-17-7-4-3-5-8-17/h3-5,7-8,11,14-15,19,21-22H,2,6,9-10,12-13,16H2,1H3. The fourth-order valence-corrected chi connectivity index (χ4v) is 4.94. The largest absolute Gasteiger partial charge is 0.494 e. The minimum atomic E-state index is -0.406. The quantitative estimate of drug-likeness (QED) is 0.641. The van der Waals surface area contributed by atoms with Crippen molar-refractivity contribution in [1.82, 2.24) is 4.90 Å². The van der Waals surface area contributed by atoms with Gasteiger partial charge in [-0.3, -0.25) is 9.69 Å². The molecule has 2 heterocycles. The number of benzene rings is 2. The first-order valence-corrected chi connectivity index (χ1v) is 10.4. The number of fused-ring (bicyclic) bond motifs is 2. The molecule has 2 aliphatic heterocycles. The van der Waals surface area contributed by atoms with Gasteiger partial charge in [-0.2, -0.15) is 0 Å². The number of ketones is 1. The van der Waals surface area contributed by atoms with Crippen LogP contribution in [0.1, 0.15) is 54.9 Å². The first-order valence-electron chi connectivity index (χ1n) is 10.4. The minimum Gasteiger partial charge on any atom is -0.494 e. The molecule has 3 nitrogen and oxygen atoms in total. The monoisotopic (exact) mass is 381 g/mol. The van der Waals surface area contributed by atoms with Crippen LogP contribution in [0.3, 0.4) is 0 Å². The van der Waals surface area contributed by atoms with Gasteiger partial charge in [0.15, 0.2) is 5.78 Å². The van der Waals surface area contributed by atoms with Crippen LogP contribution in [0.4, 0.5) is 4.39 Å². The number of ether oxygens (including phenoxy) is 1. The van der Waals surface area contributed by atoms with E-state index in [1.807, 2.05) is 13.0 Å². The predicted octanol–water partition coefficient (Wildman–Crippen LogP) is 5.24. The van der Waals surface area contributed by atoms with Crippen LogP contribution in [0, 0.1) is 11.7 Å². The summed E-state index contributed by atoms with van der Waals surface area (Å²) >= 11 is 0. The SMILES string of the molecule is CCOc1cc(F)cc(C(=O)C2CC3CCCC(C2)N3Cc2ccccc2)c1. The average Bonchev–Trinajstić information content (AvgIpc) is 2.68. The van der Waals surface area contributed by atoms with Crippen molar-refractivity contribution in [1.29, 1.82) is 0 Å². The molecule has 0 aliphatic carbocycles. The van der Waals surface area contributed by atoms with Gasteiger partial charge in [-0.25, -0.2) is 4.39 Å². The lowest BCUT2D eigenvalue weighted by atomic mass is 9.75. The summed E-state index contributed by atoms with van der Waals surface area (Å²) in [5.41, 5.74) is 1.78. The second-order valence-electron chi connectivity index (χ2n) is 8.04. The zero-order chi connectivity index (χ0) is 19.5. The van der Waals surface area contributed by atoms with E-state index in [-0.39, 0.29) is 11.7 Å². The van der Waals surface area contributed by atoms with Crippen LogP contribution < -0.4 is 4.74 Å². The van der Waals surface area contributed by atoms with Crippen molar-refractivity contribution < 1.29 is 13.9 Å². The van der Waals surface area contributed by atoms with E-state index in [0.717, 1.165) is 32.2 Å². The van der Waals surface area contributed by atoms with Gasteiger partial charge in [0.2, 0.25) is 0 Å². The second-order valence-corrected chi connectivity index (χ2v) is 8.04. The van der Waals surface area contributed by atoms with Crippen LogP contribution in [-0.2, 0) is 6.54 Å². The summed E-state index contributed by atoms with van der Waals surface area (Å²) in [6, 6.07) is 15.8. The molecule has 4 heteroatoms. The first-order chi connectivity index (χ1) is 13.6. The minimum absolute atomic E-state index is 0.0291. The smallest absolute Gasteiger partial charge is 0.166 e. The molecule has 4 rings (SSSR count). The number of halogens is 1. The van der Waals surface area contributed by atoms with Gasteiger partial charge in [-0.1, -0.05) is 36.8 Å². The molecule has 0 amide bonds. The van der Waals surface area contributed by atoms with Gasteiger partial charge < -0.3 is 4.74 Å². The molecule has 0 N–H and O–H groups in total. The van der Waals surface area contributed by atoms with Gasteiger partial charge in [0, 0.05) is 36.2 Å². The van der Waals surface area contributed by atoms with E-state index in [1.165, 1.54) is 24.1 Å². The third kappa shape index (κ3) is 4.12. The highest BCUT2D eigenvalue weighted by Gasteiger charge is 2.40. The Labute approximate surface area is 166 Å². The highest BCUT2D eigenvalue weighted by Crippen LogP contribution is 2.39. The Morgan fingerprint density at radius 3 is 2.50 bits per heavy atom. The van der Waals surface area contributed by atoms with Crippen molar-refractivity contribution in [3.05, 3.63) is 65.5 Å². The third-order valence-electron chi connectivity index (χ3n) is 6.17. The van der Waals surface area contributed by atoms with Crippen LogP contribution >= 0.6 is 0 Å². The fourth-order valence-electron chi connectivity index (χ4n) is 4.94. The highest BCUT2D eigenvalue weighted by atomic mass is 19.1. The molecule has 2 bridgehead atoms. The summed E-state index contributed by atoms with van der Waals surface area (Å²) in [7, 11) is 0. The zero-order valence-corrected chi connectivity index (χ0v) is 16.4. The van der Waals surface area contributed by atoms with Crippen molar-refractivity contribution in [2.75, 3.05) is 6.61 Å². The Kier molecular flexibility index (Phi) is 5.77. The number of nitrogens with zero attached hydrogens (tertiary/aromatic N) is 1. The number of carbonyl (C=O) groups excluding carboxylic acids is 1. The number of piperidine rings is 2. The molecule has 2 aliphatic rings. The number of rotatable bonds is 6. The molecule has 148 valence electrons. The number of hydrogen-bond acceptors (Lipinski definition) is 3. The van der Waals surface area contributed by atoms with Gasteiger partial charge in [0.1, 0.15) is 11.6 Å². The van der Waals surface area contributed by atoms with Gasteiger partial charge in [0.25, 0.3) is 0 Å². The van der Waals surface area contributed by atoms with Gasteiger partial charge in [-0.05, 0) is 50.3 Å². The van der Waals surface area contributed by atoms with Gasteiger partial charge in [-0.15, -0.1) is 0 Å². The van der Waals surface area contributed by atoms with E-state index >= 15 is 0 Å². The number of Topliss-reactive ketones (excluding diaryl/α,β-unsaturated/α-hetero) is 1. The van der Waals surface area contributed by atoms with Crippen LogP contribution in [-0.4, -0.2) is 29.4 Å². The van der Waals surface area contributed by atoms with Gasteiger partial charge in [0.05, 0.1) is 6.61 Å². The maximum atomic E-state index is 14.0. The molecule has 2 unspecified atom stereocenters. The molecule has 2 fully saturated rings. The Bertz CT molecular complexity index is 809. The van der Waals surface area contributed by atoms with Gasteiger partial charge >= 0.3 is 0 Å².